The number of cyclic esters (lactones) is 1. The first-order chi connectivity index (χ1) is 12.5. The topological polar surface area (TPSA) is 115 Å². The second-order valence-electron chi connectivity index (χ2n) is 6.16. The highest BCUT2D eigenvalue weighted by atomic mass is 32.2. The molecular formula is C17H22O8S. The number of ether oxygens (including phenoxy) is 4. The van der Waals surface area contributed by atoms with Gasteiger partial charge in [-0.25, -0.2) is 4.79 Å². The molecule has 3 heterocycles. The average molecular weight is 386 g/mol. The van der Waals surface area contributed by atoms with E-state index >= 15 is 0 Å². The van der Waals surface area contributed by atoms with Gasteiger partial charge in [0.1, 0.15) is 31.2 Å². The number of hydrogen-bond donors (Lipinski definition) is 3. The fourth-order valence-corrected chi connectivity index (χ4v) is 3.73. The summed E-state index contributed by atoms with van der Waals surface area (Å²) in [6.45, 7) is 3.90. The fourth-order valence-electron chi connectivity index (χ4n) is 3.13. The summed E-state index contributed by atoms with van der Waals surface area (Å²) in [7, 11) is 0. The summed E-state index contributed by atoms with van der Waals surface area (Å²) in [5.74, 6) is -0.551. The molecule has 0 aromatic heterocycles. The van der Waals surface area contributed by atoms with E-state index in [4.69, 9.17) is 18.9 Å². The van der Waals surface area contributed by atoms with Crippen molar-refractivity contribution in [3.63, 3.8) is 0 Å². The van der Waals surface area contributed by atoms with Crippen LogP contribution in [0.15, 0.2) is 36.1 Å². The highest BCUT2D eigenvalue weighted by Crippen LogP contribution is 2.36. The van der Waals surface area contributed by atoms with E-state index < -0.39 is 48.9 Å². The van der Waals surface area contributed by atoms with Crippen molar-refractivity contribution >= 4 is 17.7 Å². The highest BCUT2D eigenvalue weighted by molar-refractivity contribution is 7.98. The van der Waals surface area contributed by atoms with Crippen LogP contribution in [0.25, 0.3) is 0 Å². The molecule has 0 radical (unpaired) electrons. The van der Waals surface area contributed by atoms with Gasteiger partial charge < -0.3 is 34.3 Å². The molecule has 0 saturated carbocycles. The standard InChI is InChI=1S/C17H22O8S/c1-3-8-9-4-5-22-15(21)10(9)6-23-16(8)25-17-14(20)13(19)12(18)11(24-17)7-26-2/h3-4,6,8,11-14,16-20H,1,5,7H2,2H3/t8-,11-,12-,13+,14-,16+,17+/m1/s1. The van der Waals surface area contributed by atoms with Crippen LogP contribution in [0.2, 0.25) is 0 Å². The van der Waals surface area contributed by atoms with E-state index in [1.165, 1.54) is 18.0 Å². The van der Waals surface area contributed by atoms with Crippen LogP contribution in [0.5, 0.6) is 0 Å². The average Bonchev–Trinajstić information content (AvgIpc) is 2.64. The zero-order valence-corrected chi connectivity index (χ0v) is 15.0. The molecule has 3 rings (SSSR count). The molecule has 0 spiro atoms. The molecule has 26 heavy (non-hydrogen) atoms. The van der Waals surface area contributed by atoms with Crippen LogP contribution in [0.4, 0.5) is 0 Å². The van der Waals surface area contributed by atoms with Crippen molar-refractivity contribution in [3.05, 3.63) is 36.1 Å². The van der Waals surface area contributed by atoms with Gasteiger partial charge in [-0.05, 0) is 17.9 Å². The fraction of sp³-hybridized carbons (Fsp3) is 0.588. The number of carbonyl (C=O) groups excluding carboxylic acids is 1. The Balaban J connectivity index is 1.77. The predicted octanol–water partition coefficient (Wildman–Crippen LogP) is -0.301. The van der Waals surface area contributed by atoms with E-state index in [0.717, 1.165) is 0 Å². The minimum absolute atomic E-state index is 0.145. The monoisotopic (exact) mass is 386 g/mol. The summed E-state index contributed by atoms with van der Waals surface area (Å²) in [5, 5.41) is 30.3. The first-order valence-corrected chi connectivity index (χ1v) is 9.57. The smallest absolute Gasteiger partial charge is 0.341 e. The normalized spacial score (nSPS) is 39.8. The second-order valence-corrected chi connectivity index (χ2v) is 7.07. The van der Waals surface area contributed by atoms with Crippen molar-refractivity contribution < 1.29 is 39.1 Å². The lowest BCUT2D eigenvalue weighted by atomic mass is 9.89. The molecule has 3 aliphatic rings. The van der Waals surface area contributed by atoms with E-state index in [0.29, 0.717) is 16.9 Å². The third kappa shape index (κ3) is 3.55. The van der Waals surface area contributed by atoms with Gasteiger partial charge in [-0.15, -0.1) is 6.58 Å². The Morgan fingerprint density at radius 3 is 2.77 bits per heavy atom. The number of carbonyl (C=O) groups is 1. The number of thioether (sulfide) groups is 1. The molecule has 0 aromatic rings. The van der Waals surface area contributed by atoms with Gasteiger partial charge in [-0.1, -0.05) is 6.08 Å². The summed E-state index contributed by atoms with van der Waals surface area (Å²) in [6, 6.07) is 0. The summed E-state index contributed by atoms with van der Waals surface area (Å²) in [4.78, 5) is 11.8. The van der Waals surface area contributed by atoms with Crippen molar-refractivity contribution in [2.75, 3.05) is 18.6 Å². The van der Waals surface area contributed by atoms with Crippen LogP contribution < -0.4 is 0 Å². The summed E-state index contributed by atoms with van der Waals surface area (Å²) in [5.41, 5.74) is 0.959. The van der Waals surface area contributed by atoms with Crippen LogP contribution in [-0.2, 0) is 23.7 Å². The minimum atomic E-state index is -1.45. The van der Waals surface area contributed by atoms with E-state index in [-0.39, 0.29) is 6.61 Å². The molecule has 0 aliphatic carbocycles. The van der Waals surface area contributed by atoms with Gasteiger partial charge in [0.15, 0.2) is 6.29 Å². The number of esters is 1. The van der Waals surface area contributed by atoms with Gasteiger partial charge in [-0.3, -0.25) is 0 Å². The molecular weight excluding hydrogens is 364 g/mol. The number of hydrogen-bond acceptors (Lipinski definition) is 9. The molecule has 3 aliphatic heterocycles. The van der Waals surface area contributed by atoms with E-state index in [9.17, 15) is 20.1 Å². The van der Waals surface area contributed by atoms with Crippen molar-refractivity contribution in [2.24, 2.45) is 5.92 Å². The van der Waals surface area contributed by atoms with Crippen molar-refractivity contribution in [2.45, 2.75) is 37.0 Å². The third-order valence-corrected chi connectivity index (χ3v) is 5.20. The molecule has 1 fully saturated rings. The molecule has 9 heteroatoms. The van der Waals surface area contributed by atoms with Crippen molar-refractivity contribution in [3.8, 4) is 0 Å². The van der Waals surface area contributed by atoms with E-state index in [1.807, 2.05) is 6.26 Å². The van der Waals surface area contributed by atoms with Crippen LogP contribution in [0.1, 0.15) is 0 Å². The van der Waals surface area contributed by atoms with Crippen molar-refractivity contribution in [1.82, 2.24) is 0 Å². The maximum absolute atomic E-state index is 11.8. The van der Waals surface area contributed by atoms with Crippen LogP contribution in [0.3, 0.4) is 0 Å². The lowest BCUT2D eigenvalue weighted by molar-refractivity contribution is -0.329. The predicted molar refractivity (Wildman–Crippen MR) is 91.8 cm³/mol. The van der Waals surface area contributed by atoms with Gasteiger partial charge >= 0.3 is 5.97 Å². The van der Waals surface area contributed by atoms with E-state index in [2.05, 4.69) is 6.58 Å². The zero-order chi connectivity index (χ0) is 18.8. The molecule has 8 nitrogen and oxygen atoms in total. The summed E-state index contributed by atoms with van der Waals surface area (Å²) >= 11 is 1.43. The Bertz CT molecular complexity index is 618. The Morgan fingerprint density at radius 2 is 2.08 bits per heavy atom. The molecule has 3 N–H and O–H groups in total. The van der Waals surface area contributed by atoms with Crippen molar-refractivity contribution in [1.29, 1.82) is 0 Å². The molecule has 0 amide bonds. The van der Waals surface area contributed by atoms with E-state index in [1.54, 1.807) is 12.2 Å². The van der Waals surface area contributed by atoms with Crippen LogP contribution in [-0.4, -0.2) is 76.9 Å². The molecule has 7 atom stereocenters. The molecule has 0 aromatic carbocycles. The minimum Gasteiger partial charge on any atom is -0.471 e. The quantitative estimate of drug-likeness (QED) is 0.433. The largest absolute Gasteiger partial charge is 0.471 e. The zero-order valence-electron chi connectivity index (χ0n) is 14.2. The molecule has 0 unspecified atom stereocenters. The number of rotatable bonds is 5. The molecule has 144 valence electrons. The molecule has 0 bridgehead atoms. The maximum Gasteiger partial charge on any atom is 0.341 e. The maximum atomic E-state index is 11.8. The SMILES string of the molecule is C=C[C@@H]1C2=CCOC(=O)C2=CO[C@H]1O[C@@H]1O[C@H](CSC)[C@@H](O)[C@H](O)[C@H]1O. The number of aliphatic hydroxyl groups is 3. The number of fused-ring (bicyclic) bond motifs is 1. The van der Waals surface area contributed by atoms with Gasteiger partial charge in [-0.2, -0.15) is 11.8 Å². The van der Waals surface area contributed by atoms with Crippen LogP contribution >= 0.6 is 11.8 Å². The summed E-state index contributed by atoms with van der Waals surface area (Å²) in [6.07, 6.45) is -0.501. The Morgan fingerprint density at radius 1 is 1.31 bits per heavy atom. The number of aliphatic hydroxyl groups excluding tert-OH is 3. The van der Waals surface area contributed by atoms with Gasteiger partial charge in [0.25, 0.3) is 0 Å². The van der Waals surface area contributed by atoms with Crippen LogP contribution in [0, 0.1) is 5.92 Å². The Kier molecular flexibility index (Phi) is 6.06. The lowest BCUT2D eigenvalue weighted by Gasteiger charge is -2.42. The summed E-state index contributed by atoms with van der Waals surface area (Å²) < 4.78 is 21.8. The highest BCUT2D eigenvalue weighted by Gasteiger charge is 2.46. The lowest BCUT2D eigenvalue weighted by Crippen LogP contribution is -2.59. The van der Waals surface area contributed by atoms with Gasteiger partial charge in [0.2, 0.25) is 6.29 Å². The first kappa shape index (κ1) is 19.4. The Hall–Kier alpha value is -1.36. The third-order valence-electron chi connectivity index (χ3n) is 4.54. The second kappa shape index (κ2) is 8.12. The van der Waals surface area contributed by atoms with Gasteiger partial charge in [0, 0.05) is 5.75 Å². The Labute approximate surface area is 155 Å². The first-order valence-electron chi connectivity index (χ1n) is 8.17. The molecule has 1 saturated heterocycles. The van der Waals surface area contributed by atoms with Gasteiger partial charge in [0.05, 0.1) is 17.6 Å².